The standard InChI is InChI=1S/C20H24N4O3/c1-12-5-3-4-6-15(12)19-16-11-24(10-14(16)9-23(19)2)18(26)8-13-7-17(25)21-22-20(13)27/h3-7,14,16,19H,8-11H2,1-2H3,(H,21,25)(H,22,27)/t14-,16+,19-/m0/s1. The quantitative estimate of drug-likeness (QED) is 0.834. The Kier molecular flexibility index (Phi) is 4.47. The van der Waals surface area contributed by atoms with Gasteiger partial charge in [-0.25, -0.2) is 0 Å². The van der Waals surface area contributed by atoms with Crippen molar-refractivity contribution in [3.63, 3.8) is 0 Å². The van der Waals surface area contributed by atoms with E-state index in [1.165, 1.54) is 17.2 Å². The molecule has 2 saturated heterocycles. The molecular formula is C20H24N4O3. The molecule has 0 aliphatic carbocycles. The second kappa shape index (κ2) is 6.81. The highest BCUT2D eigenvalue weighted by Gasteiger charge is 2.47. The van der Waals surface area contributed by atoms with Crippen LogP contribution in [0.25, 0.3) is 0 Å². The summed E-state index contributed by atoms with van der Waals surface area (Å²) in [5.41, 5.74) is 1.99. The number of hydrogen-bond acceptors (Lipinski definition) is 4. The number of rotatable bonds is 3. The lowest BCUT2D eigenvalue weighted by atomic mass is 9.88. The summed E-state index contributed by atoms with van der Waals surface area (Å²) in [7, 11) is 2.15. The van der Waals surface area contributed by atoms with E-state index in [0.717, 1.165) is 6.54 Å². The van der Waals surface area contributed by atoms with Crippen molar-refractivity contribution < 1.29 is 4.79 Å². The number of amides is 1. The van der Waals surface area contributed by atoms with Gasteiger partial charge in [0.2, 0.25) is 5.91 Å². The van der Waals surface area contributed by atoms with Crippen LogP contribution in [0.4, 0.5) is 0 Å². The zero-order chi connectivity index (χ0) is 19.1. The van der Waals surface area contributed by atoms with Gasteiger partial charge in [0.1, 0.15) is 0 Å². The second-order valence-electron chi connectivity index (χ2n) is 7.75. The van der Waals surface area contributed by atoms with Crippen LogP contribution in [0, 0.1) is 18.8 Å². The molecule has 3 heterocycles. The molecule has 27 heavy (non-hydrogen) atoms. The summed E-state index contributed by atoms with van der Waals surface area (Å²) in [6, 6.07) is 9.94. The molecule has 7 nitrogen and oxygen atoms in total. The van der Waals surface area contributed by atoms with Crippen molar-refractivity contribution in [3.8, 4) is 0 Å². The molecule has 142 valence electrons. The van der Waals surface area contributed by atoms with Gasteiger partial charge in [-0.3, -0.25) is 29.5 Å². The maximum Gasteiger partial charge on any atom is 0.266 e. The Labute approximate surface area is 157 Å². The van der Waals surface area contributed by atoms with Crippen molar-refractivity contribution in [2.24, 2.45) is 11.8 Å². The van der Waals surface area contributed by atoms with Crippen molar-refractivity contribution in [3.05, 3.63) is 67.7 Å². The molecule has 1 aromatic heterocycles. The van der Waals surface area contributed by atoms with Gasteiger partial charge in [0, 0.05) is 43.2 Å². The van der Waals surface area contributed by atoms with E-state index in [1.54, 1.807) is 0 Å². The van der Waals surface area contributed by atoms with Crippen molar-refractivity contribution in [2.75, 3.05) is 26.7 Å². The molecule has 0 spiro atoms. The summed E-state index contributed by atoms with van der Waals surface area (Å²) in [4.78, 5) is 40.2. The van der Waals surface area contributed by atoms with Gasteiger partial charge < -0.3 is 4.90 Å². The summed E-state index contributed by atoms with van der Waals surface area (Å²) >= 11 is 0. The van der Waals surface area contributed by atoms with Crippen LogP contribution in [0.15, 0.2) is 39.9 Å². The molecule has 2 aromatic rings. The predicted molar refractivity (Wildman–Crippen MR) is 101 cm³/mol. The zero-order valence-corrected chi connectivity index (χ0v) is 15.6. The Morgan fingerprint density at radius 2 is 1.93 bits per heavy atom. The van der Waals surface area contributed by atoms with Crippen molar-refractivity contribution >= 4 is 5.91 Å². The number of H-pyrrole nitrogens is 2. The SMILES string of the molecule is Cc1ccccc1[C@H]1[C@@H]2CN(C(=O)Cc3cc(=O)[nH][nH]c3=O)C[C@@H]2CN1C. The van der Waals surface area contributed by atoms with Crippen LogP contribution in [-0.4, -0.2) is 52.6 Å². The molecular weight excluding hydrogens is 344 g/mol. The number of nitrogens with one attached hydrogen (secondary N) is 2. The highest BCUT2D eigenvalue weighted by molar-refractivity contribution is 5.79. The minimum Gasteiger partial charge on any atom is -0.342 e. The molecule has 2 N–H and O–H groups in total. The van der Waals surface area contributed by atoms with Gasteiger partial charge in [0.15, 0.2) is 0 Å². The van der Waals surface area contributed by atoms with Crippen LogP contribution < -0.4 is 11.1 Å². The number of hydrogen-bond donors (Lipinski definition) is 2. The topological polar surface area (TPSA) is 89.3 Å². The smallest absolute Gasteiger partial charge is 0.266 e. The summed E-state index contributed by atoms with van der Waals surface area (Å²) in [5, 5.41) is 4.50. The van der Waals surface area contributed by atoms with Gasteiger partial charge in [0.05, 0.1) is 6.42 Å². The lowest BCUT2D eigenvalue weighted by Crippen LogP contribution is -2.36. The van der Waals surface area contributed by atoms with Gasteiger partial charge in [-0.2, -0.15) is 0 Å². The Balaban J connectivity index is 1.52. The van der Waals surface area contributed by atoms with E-state index in [-0.39, 0.29) is 17.9 Å². The Morgan fingerprint density at radius 1 is 1.15 bits per heavy atom. The number of aromatic amines is 2. The van der Waals surface area contributed by atoms with Crippen LogP contribution in [0.3, 0.4) is 0 Å². The van der Waals surface area contributed by atoms with Crippen molar-refractivity contribution in [1.29, 1.82) is 0 Å². The molecule has 2 aliphatic heterocycles. The fraction of sp³-hybridized carbons (Fsp3) is 0.450. The van der Waals surface area contributed by atoms with Crippen LogP contribution in [0.1, 0.15) is 22.7 Å². The number of carbonyl (C=O) groups is 1. The van der Waals surface area contributed by atoms with Crippen LogP contribution >= 0.6 is 0 Å². The zero-order valence-electron chi connectivity index (χ0n) is 15.6. The highest BCUT2D eigenvalue weighted by atomic mass is 16.2. The molecule has 0 saturated carbocycles. The first-order chi connectivity index (χ1) is 12.9. The number of likely N-dealkylation sites (tertiary alicyclic amines) is 2. The van der Waals surface area contributed by atoms with E-state index in [0.29, 0.717) is 31.0 Å². The van der Waals surface area contributed by atoms with E-state index < -0.39 is 11.1 Å². The number of benzene rings is 1. The lowest BCUT2D eigenvalue weighted by molar-refractivity contribution is -0.129. The minimum atomic E-state index is -0.417. The molecule has 1 aromatic carbocycles. The number of carbonyl (C=O) groups excluding carboxylic acids is 1. The van der Waals surface area contributed by atoms with Gasteiger partial charge in [-0.15, -0.1) is 0 Å². The van der Waals surface area contributed by atoms with Crippen molar-refractivity contribution in [1.82, 2.24) is 20.0 Å². The van der Waals surface area contributed by atoms with Gasteiger partial charge in [-0.1, -0.05) is 24.3 Å². The summed E-state index contributed by atoms with van der Waals surface area (Å²) in [6.07, 6.45) is -0.0381. The first kappa shape index (κ1) is 17.7. The number of aryl methyl sites for hydroxylation is 1. The Hall–Kier alpha value is -2.67. The first-order valence-corrected chi connectivity index (χ1v) is 9.28. The van der Waals surface area contributed by atoms with E-state index in [4.69, 9.17) is 0 Å². The van der Waals surface area contributed by atoms with E-state index in [1.807, 2.05) is 4.90 Å². The normalized spacial score (nSPS) is 25.0. The third-order valence-corrected chi connectivity index (χ3v) is 5.99. The molecule has 1 amide bonds. The molecule has 0 unspecified atom stereocenters. The average molecular weight is 368 g/mol. The predicted octanol–water partition coefficient (Wildman–Crippen LogP) is 0.675. The number of nitrogens with zero attached hydrogens (tertiary/aromatic N) is 2. The lowest BCUT2D eigenvalue weighted by Gasteiger charge is -2.28. The van der Waals surface area contributed by atoms with Gasteiger partial charge in [-0.05, 0) is 31.0 Å². The van der Waals surface area contributed by atoms with Gasteiger partial charge >= 0.3 is 0 Å². The van der Waals surface area contributed by atoms with Crippen molar-refractivity contribution in [2.45, 2.75) is 19.4 Å². The monoisotopic (exact) mass is 368 g/mol. The maximum absolute atomic E-state index is 12.7. The molecule has 4 rings (SSSR count). The number of aromatic nitrogens is 2. The van der Waals surface area contributed by atoms with E-state index in [2.05, 4.69) is 53.3 Å². The third kappa shape index (κ3) is 3.23. The Morgan fingerprint density at radius 3 is 2.70 bits per heavy atom. The molecule has 3 atom stereocenters. The molecule has 2 fully saturated rings. The van der Waals surface area contributed by atoms with Crippen LogP contribution in [0.5, 0.6) is 0 Å². The minimum absolute atomic E-state index is 0.0381. The van der Waals surface area contributed by atoms with Crippen LogP contribution in [0.2, 0.25) is 0 Å². The van der Waals surface area contributed by atoms with Gasteiger partial charge in [0.25, 0.3) is 11.1 Å². The van der Waals surface area contributed by atoms with E-state index >= 15 is 0 Å². The summed E-state index contributed by atoms with van der Waals surface area (Å²) in [5.74, 6) is 0.727. The summed E-state index contributed by atoms with van der Waals surface area (Å²) < 4.78 is 0. The first-order valence-electron chi connectivity index (χ1n) is 9.28. The Bertz CT molecular complexity index is 979. The molecule has 2 aliphatic rings. The second-order valence-corrected chi connectivity index (χ2v) is 7.75. The fourth-order valence-electron chi connectivity index (χ4n) is 4.71. The third-order valence-electron chi connectivity index (χ3n) is 5.99. The fourth-order valence-corrected chi connectivity index (χ4v) is 4.71. The average Bonchev–Trinajstić information content (AvgIpc) is 3.16. The van der Waals surface area contributed by atoms with Crippen LogP contribution in [-0.2, 0) is 11.2 Å². The van der Waals surface area contributed by atoms with E-state index in [9.17, 15) is 14.4 Å². The number of fused-ring (bicyclic) bond motifs is 1. The molecule has 0 radical (unpaired) electrons. The largest absolute Gasteiger partial charge is 0.342 e. The summed E-state index contributed by atoms with van der Waals surface area (Å²) in [6.45, 7) is 4.48. The maximum atomic E-state index is 12.7. The molecule has 0 bridgehead atoms. The molecule has 7 heteroatoms. The highest BCUT2D eigenvalue weighted by Crippen LogP contribution is 2.44.